The molecule has 2 aliphatic heterocycles. The molecule has 578 valence electrons. The molecule has 2 saturated heterocycles. The van der Waals surface area contributed by atoms with Crippen LogP contribution in [0.3, 0.4) is 0 Å². The summed E-state index contributed by atoms with van der Waals surface area (Å²) in [4.78, 5) is 13.4. The van der Waals surface area contributed by atoms with Gasteiger partial charge in [-0.15, -0.1) is 0 Å². The fourth-order valence-corrected chi connectivity index (χ4v) is 12.4. The van der Waals surface area contributed by atoms with Gasteiger partial charge in [0.25, 0.3) is 0 Å². The maximum absolute atomic E-state index is 13.4. The highest BCUT2D eigenvalue weighted by Gasteiger charge is 2.51. The van der Waals surface area contributed by atoms with Crippen molar-refractivity contribution >= 4 is 5.91 Å². The number of ether oxygens (including phenoxy) is 4. The lowest BCUT2D eigenvalue weighted by molar-refractivity contribution is -0.359. The zero-order valence-electron chi connectivity index (χ0n) is 63.3. The van der Waals surface area contributed by atoms with Crippen LogP contribution in [0, 0.1) is 0 Å². The molecule has 2 fully saturated rings. The Hall–Kier alpha value is -4.13. The van der Waals surface area contributed by atoms with E-state index in [0.717, 1.165) is 109 Å². The summed E-state index contributed by atoms with van der Waals surface area (Å²) in [6.07, 6.45) is 87.8. The van der Waals surface area contributed by atoms with Crippen molar-refractivity contribution in [2.45, 2.75) is 376 Å². The number of unbranched alkanes of at least 4 members (excludes halogenated alkanes) is 31. The van der Waals surface area contributed by atoms with Crippen molar-refractivity contribution in [1.29, 1.82) is 0 Å². The molecule has 0 saturated carbocycles. The van der Waals surface area contributed by atoms with Gasteiger partial charge in [0.15, 0.2) is 12.6 Å². The van der Waals surface area contributed by atoms with Gasteiger partial charge in [-0.1, -0.05) is 333 Å². The van der Waals surface area contributed by atoms with Crippen LogP contribution >= 0.6 is 0 Å². The van der Waals surface area contributed by atoms with E-state index in [-0.39, 0.29) is 18.9 Å². The molecule has 2 rings (SSSR count). The van der Waals surface area contributed by atoms with Crippen LogP contribution in [0.25, 0.3) is 0 Å². The van der Waals surface area contributed by atoms with Gasteiger partial charge in [0, 0.05) is 6.42 Å². The fraction of sp³-hybridized carbons (Fsp3) is 0.713. The highest BCUT2D eigenvalue weighted by atomic mass is 16.7. The predicted octanol–water partition coefficient (Wildman–Crippen LogP) is 18.7. The quantitative estimate of drug-likeness (QED) is 0.0204. The van der Waals surface area contributed by atoms with Crippen LogP contribution in [0.5, 0.6) is 0 Å². The van der Waals surface area contributed by atoms with Gasteiger partial charge in [-0.05, 0) is 109 Å². The first-order chi connectivity index (χ1) is 49.6. The molecular weight excluding hydrogens is 1270 g/mol. The zero-order valence-corrected chi connectivity index (χ0v) is 63.3. The van der Waals surface area contributed by atoms with Crippen LogP contribution < -0.4 is 5.32 Å². The average Bonchev–Trinajstić information content (AvgIpc) is 0.790. The number of aliphatic hydroxyl groups is 8. The number of amides is 1. The first-order valence-corrected chi connectivity index (χ1v) is 40.6. The van der Waals surface area contributed by atoms with E-state index in [1.807, 2.05) is 6.08 Å². The molecule has 14 nitrogen and oxygen atoms in total. The fourth-order valence-electron chi connectivity index (χ4n) is 12.4. The molecule has 0 aliphatic carbocycles. The van der Waals surface area contributed by atoms with Gasteiger partial charge in [-0.25, -0.2) is 0 Å². The number of allylic oxidation sites excluding steroid dienone is 23. The average molecular weight is 1420 g/mol. The van der Waals surface area contributed by atoms with Crippen molar-refractivity contribution in [2.24, 2.45) is 0 Å². The Morgan fingerprint density at radius 1 is 0.366 bits per heavy atom. The predicted molar refractivity (Wildman–Crippen MR) is 419 cm³/mol. The van der Waals surface area contributed by atoms with Gasteiger partial charge < -0.3 is 65.1 Å². The Bertz CT molecular complexity index is 2260. The van der Waals surface area contributed by atoms with Crippen molar-refractivity contribution in [2.75, 3.05) is 19.8 Å². The molecule has 2 heterocycles. The van der Waals surface area contributed by atoms with Crippen molar-refractivity contribution in [3.63, 3.8) is 0 Å². The van der Waals surface area contributed by atoms with Gasteiger partial charge in [-0.3, -0.25) is 4.79 Å². The molecule has 0 aromatic rings. The van der Waals surface area contributed by atoms with Gasteiger partial charge in [0.2, 0.25) is 5.91 Å². The molecule has 0 spiro atoms. The highest BCUT2D eigenvalue weighted by molar-refractivity contribution is 5.76. The molecule has 12 atom stereocenters. The summed E-state index contributed by atoms with van der Waals surface area (Å²) in [5, 5.41) is 87.7. The van der Waals surface area contributed by atoms with E-state index in [2.05, 4.69) is 153 Å². The van der Waals surface area contributed by atoms with Gasteiger partial charge in [0.05, 0.1) is 32.0 Å². The Morgan fingerprint density at radius 2 is 0.693 bits per heavy atom. The van der Waals surface area contributed by atoms with Crippen LogP contribution in [0.4, 0.5) is 0 Å². The number of hydrogen-bond donors (Lipinski definition) is 9. The Labute approximate surface area is 614 Å². The van der Waals surface area contributed by atoms with Crippen LogP contribution in [-0.2, 0) is 23.7 Å². The monoisotopic (exact) mass is 1410 g/mol. The highest BCUT2D eigenvalue weighted by Crippen LogP contribution is 2.30. The Kier molecular flexibility index (Phi) is 63.5. The van der Waals surface area contributed by atoms with Gasteiger partial charge >= 0.3 is 0 Å². The summed E-state index contributed by atoms with van der Waals surface area (Å²) in [6.45, 7) is 2.69. The first-order valence-electron chi connectivity index (χ1n) is 40.6. The molecule has 2 aliphatic rings. The second-order valence-electron chi connectivity index (χ2n) is 27.8. The van der Waals surface area contributed by atoms with E-state index in [1.165, 1.54) is 161 Å². The first kappa shape index (κ1) is 93.0. The number of aliphatic hydroxyl groups excluding tert-OH is 8. The third-order valence-electron chi connectivity index (χ3n) is 18.8. The summed E-state index contributed by atoms with van der Waals surface area (Å²) in [5.74, 6) is -0.261. The molecule has 0 radical (unpaired) electrons. The Balaban J connectivity index is 1.65. The lowest BCUT2D eigenvalue weighted by Gasteiger charge is -2.46. The summed E-state index contributed by atoms with van der Waals surface area (Å²) >= 11 is 0. The van der Waals surface area contributed by atoms with Gasteiger partial charge in [-0.2, -0.15) is 0 Å². The van der Waals surface area contributed by atoms with E-state index in [9.17, 15) is 45.6 Å². The van der Waals surface area contributed by atoms with Crippen LogP contribution in [0.1, 0.15) is 303 Å². The number of nitrogens with one attached hydrogen (secondary N) is 1. The van der Waals surface area contributed by atoms with E-state index in [0.29, 0.717) is 12.8 Å². The van der Waals surface area contributed by atoms with E-state index in [4.69, 9.17) is 18.9 Å². The van der Waals surface area contributed by atoms with Crippen LogP contribution in [0.15, 0.2) is 146 Å². The molecule has 9 N–H and O–H groups in total. The Morgan fingerprint density at radius 3 is 1.09 bits per heavy atom. The van der Waals surface area contributed by atoms with Crippen molar-refractivity contribution < 1.29 is 64.6 Å². The summed E-state index contributed by atoms with van der Waals surface area (Å²) in [5.41, 5.74) is 0. The molecule has 12 unspecified atom stereocenters. The molecule has 101 heavy (non-hydrogen) atoms. The van der Waals surface area contributed by atoms with E-state index >= 15 is 0 Å². The number of carbonyl (C=O) groups is 1. The zero-order chi connectivity index (χ0) is 73.0. The summed E-state index contributed by atoms with van der Waals surface area (Å²) in [7, 11) is 0. The van der Waals surface area contributed by atoms with Crippen molar-refractivity contribution in [3.8, 4) is 0 Å². The summed E-state index contributed by atoms with van der Waals surface area (Å²) in [6, 6.07) is -0.949. The molecule has 1 amide bonds. The third kappa shape index (κ3) is 51.7. The lowest BCUT2D eigenvalue weighted by atomic mass is 9.97. The largest absolute Gasteiger partial charge is 0.394 e. The minimum absolute atomic E-state index is 0.255. The second kappa shape index (κ2) is 68.9. The second-order valence-corrected chi connectivity index (χ2v) is 27.8. The van der Waals surface area contributed by atoms with E-state index < -0.39 is 86.8 Å². The number of carbonyl (C=O) groups excluding carboxylic acids is 1. The smallest absolute Gasteiger partial charge is 0.220 e. The van der Waals surface area contributed by atoms with E-state index in [1.54, 1.807) is 6.08 Å². The molecular formula is C87H147NO13. The maximum atomic E-state index is 13.4. The molecule has 0 bridgehead atoms. The number of hydrogen-bond acceptors (Lipinski definition) is 13. The molecule has 0 aromatic carbocycles. The molecule has 0 aromatic heterocycles. The minimum Gasteiger partial charge on any atom is -0.394 e. The third-order valence-corrected chi connectivity index (χ3v) is 18.8. The summed E-state index contributed by atoms with van der Waals surface area (Å²) < 4.78 is 22.9. The SMILES string of the molecule is CC/C=C\C/C=C\C/C=C\C/C=C\C/C=C\C/C=C\C/C=C\C/C=C\C/C=C\C/C=C\CCCCCCCCCCC(=O)NC(COC1OC(CO)C(OC2OC(CO)C(O)C(O)C2O)C(O)C1O)C(O)/C=C/CC/C=C/CCCCCCCCCCCCCCCCCCCCCCCC. The topological polar surface area (TPSA) is 228 Å². The lowest BCUT2D eigenvalue weighted by Crippen LogP contribution is -2.65. The molecule has 14 heteroatoms. The number of rotatable bonds is 66. The van der Waals surface area contributed by atoms with Crippen molar-refractivity contribution in [3.05, 3.63) is 146 Å². The van der Waals surface area contributed by atoms with Crippen molar-refractivity contribution in [1.82, 2.24) is 5.32 Å². The standard InChI is InChI=1S/C87H147NO13/c1-3-5-7-9-11-13-15-17-19-21-23-25-27-29-31-33-34-35-36-37-38-39-40-41-42-43-45-47-49-51-53-55-57-59-61-63-65-67-69-71-79(92)88-75(74-98-86-84(97)82(95)85(78(73-90)100-86)101-87-83(96)81(94)80(93)77(72-89)99-87)76(91)70-68-66-64-62-60-58-56-54-52-50-48-46-44-32-30-28-26-24-22-20-18-16-14-12-10-8-6-4-2/h5,7,11,13,17,19,23,25,29,31,34-35,37-38,40-41,43,45,49,51,60,62,68,70,75-78,80-87,89-91,93-97H,3-4,6,8-10,12,14-16,18,20-22,24,26-28,30,32-33,36,39,42,44,46-48,50,52-59,61,63-67,69,71-74H2,1-2H3,(H,88,92)/b7-5-,13-11-,19-17-,25-23-,31-29-,35-34-,38-37-,41-40-,45-43-,51-49-,62-60+,70-68+. The maximum Gasteiger partial charge on any atom is 0.220 e. The van der Waals surface area contributed by atoms with Gasteiger partial charge in [0.1, 0.15) is 48.8 Å². The normalized spacial score (nSPS) is 22.6. The van der Waals surface area contributed by atoms with Crippen LogP contribution in [0.2, 0.25) is 0 Å². The van der Waals surface area contributed by atoms with Crippen LogP contribution in [-0.4, -0.2) is 140 Å². The minimum atomic E-state index is -1.80.